The van der Waals surface area contributed by atoms with Gasteiger partial charge in [-0.3, -0.25) is 9.59 Å². The van der Waals surface area contributed by atoms with Crippen LogP contribution in [0.3, 0.4) is 0 Å². The van der Waals surface area contributed by atoms with E-state index >= 15 is 0 Å². The number of Topliss-reactive ketones (excluding diaryl/α,β-unsaturated/α-hetero) is 1. The first kappa shape index (κ1) is 20.5. The van der Waals surface area contributed by atoms with Gasteiger partial charge in [-0.05, 0) is 52.6 Å². The van der Waals surface area contributed by atoms with E-state index in [0.29, 0.717) is 17.7 Å². The topological polar surface area (TPSA) is 46.2 Å². The quantitative estimate of drug-likeness (QED) is 0.735. The Morgan fingerprint density at radius 1 is 0.933 bits per heavy atom. The van der Waals surface area contributed by atoms with Crippen LogP contribution in [-0.2, 0) is 15.0 Å². The minimum Gasteiger partial charge on any atom is -0.329 e. The number of allylic oxidation sites excluding steroid dienone is 2. The van der Waals surface area contributed by atoms with E-state index in [2.05, 4.69) is 38.2 Å². The van der Waals surface area contributed by atoms with Gasteiger partial charge >= 0.3 is 0 Å². The average molecular weight is 409 g/mol. The molecule has 2 aromatic rings. The van der Waals surface area contributed by atoms with E-state index in [4.69, 9.17) is 0 Å². The van der Waals surface area contributed by atoms with Crippen molar-refractivity contribution in [2.24, 2.45) is 0 Å². The molecule has 30 heavy (non-hydrogen) atoms. The Balaban J connectivity index is 1.68. The van der Waals surface area contributed by atoms with Gasteiger partial charge in [0.2, 0.25) is 5.91 Å². The number of ketones is 1. The minimum absolute atomic E-state index is 0.0379. The average Bonchev–Trinajstić information content (AvgIpc) is 2.68. The zero-order valence-electron chi connectivity index (χ0n) is 17.4. The maximum absolute atomic E-state index is 14.4. The Kier molecular flexibility index (Phi) is 5.08. The Labute approximate surface area is 175 Å². The SMILES string of the molecule is CC(C)(C)c1ccc(C2CC(=O)C3=C(C2)NC(=O)CC3c2cc(F)ccc2F)cc1. The van der Waals surface area contributed by atoms with Crippen LogP contribution in [0, 0.1) is 11.6 Å². The molecule has 1 aliphatic heterocycles. The van der Waals surface area contributed by atoms with Gasteiger partial charge in [-0.1, -0.05) is 45.0 Å². The van der Waals surface area contributed by atoms with Crippen molar-refractivity contribution in [3.05, 3.63) is 82.1 Å². The molecule has 0 spiro atoms. The fraction of sp³-hybridized carbons (Fsp3) is 0.360. The van der Waals surface area contributed by atoms with Crippen LogP contribution in [0.2, 0.25) is 0 Å². The van der Waals surface area contributed by atoms with Crippen molar-refractivity contribution in [1.82, 2.24) is 5.32 Å². The van der Waals surface area contributed by atoms with Crippen LogP contribution in [0.4, 0.5) is 8.78 Å². The van der Waals surface area contributed by atoms with Gasteiger partial charge in [0.15, 0.2) is 5.78 Å². The Morgan fingerprint density at radius 2 is 1.63 bits per heavy atom. The molecule has 4 rings (SSSR count). The van der Waals surface area contributed by atoms with Crippen LogP contribution in [0.5, 0.6) is 0 Å². The van der Waals surface area contributed by atoms with E-state index in [0.717, 1.165) is 23.8 Å². The summed E-state index contributed by atoms with van der Waals surface area (Å²) in [5, 5.41) is 2.82. The summed E-state index contributed by atoms with van der Waals surface area (Å²) in [6.07, 6.45) is 0.724. The number of benzene rings is 2. The number of amides is 1. The third kappa shape index (κ3) is 3.81. The zero-order valence-corrected chi connectivity index (χ0v) is 17.4. The fourth-order valence-electron chi connectivity index (χ4n) is 4.50. The van der Waals surface area contributed by atoms with Crippen molar-refractivity contribution in [2.75, 3.05) is 0 Å². The molecule has 5 heteroatoms. The third-order valence-electron chi connectivity index (χ3n) is 6.12. The van der Waals surface area contributed by atoms with E-state index < -0.39 is 17.6 Å². The smallest absolute Gasteiger partial charge is 0.225 e. The molecule has 1 aliphatic carbocycles. The molecule has 0 radical (unpaired) electrons. The first-order valence-corrected chi connectivity index (χ1v) is 10.2. The van der Waals surface area contributed by atoms with Crippen LogP contribution in [0.1, 0.15) is 68.6 Å². The summed E-state index contributed by atoms with van der Waals surface area (Å²) in [6, 6.07) is 11.4. The summed E-state index contributed by atoms with van der Waals surface area (Å²) < 4.78 is 28.2. The second-order valence-electron chi connectivity index (χ2n) is 9.26. The molecular formula is C25H25F2NO2. The molecule has 0 saturated heterocycles. The van der Waals surface area contributed by atoms with Gasteiger partial charge in [0.1, 0.15) is 11.6 Å². The number of hydrogen-bond acceptors (Lipinski definition) is 2. The van der Waals surface area contributed by atoms with Crippen LogP contribution >= 0.6 is 0 Å². The molecule has 2 unspecified atom stereocenters. The van der Waals surface area contributed by atoms with Gasteiger partial charge in [-0.15, -0.1) is 0 Å². The molecule has 0 saturated carbocycles. The predicted molar refractivity (Wildman–Crippen MR) is 111 cm³/mol. The lowest BCUT2D eigenvalue weighted by molar-refractivity contribution is -0.122. The highest BCUT2D eigenvalue weighted by Gasteiger charge is 2.39. The van der Waals surface area contributed by atoms with Gasteiger partial charge in [0.25, 0.3) is 0 Å². The third-order valence-corrected chi connectivity index (χ3v) is 6.12. The van der Waals surface area contributed by atoms with Crippen LogP contribution < -0.4 is 5.32 Å². The number of halogens is 2. The van der Waals surface area contributed by atoms with Crippen molar-refractivity contribution in [1.29, 1.82) is 0 Å². The summed E-state index contributed by atoms with van der Waals surface area (Å²) in [5.74, 6) is -2.38. The Hall–Kier alpha value is -2.82. The van der Waals surface area contributed by atoms with Crippen molar-refractivity contribution in [3.8, 4) is 0 Å². The molecule has 0 fully saturated rings. The Morgan fingerprint density at radius 3 is 2.30 bits per heavy atom. The molecule has 1 heterocycles. The normalized spacial score (nSPS) is 22.0. The van der Waals surface area contributed by atoms with E-state index in [1.807, 2.05) is 12.1 Å². The van der Waals surface area contributed by atoms with Crippen molar-refractivity contribution < 1.29 is 18.4 Å². The second kappa shape index (κ2) is 7.46. The predicted octanol–water partition coefficient (Wildman–Crippen LogP) is 5.27. The van der Waals surface area contributed by atoms with Crippen LogP contribution in [-0.4, -0.2) is 11.7 Å². The largest absolute Gasteiger partial charge is 0.329 e. The minimum atomic E-state index is -0.749. The number of hydrogen-bond donors (Lipinski definition) is 1. The number of carbonyl (C=O) groups is 2. The lowest BCUT2D eigenvalue weighted by atomic mass is 9.73. The van der Waals surface area contributed by atoms with Crippen LogP contribution in [0.15, 0.2) is 53.7 Å². The highest BCUT2D eigenvalue weighted by molar-refractivity contribution is 6.02. The summed E-state index contributed by atoms with van der Waals surface area (Å²) in [4.78, 5) is 25.4. The van der Waals surface area contributed by atoms with Gasteiger partial charge in [0, 0.05) is 30.0 Å². The van der Waals surface area contributed by atoms with Crippen molar-refractivity contribution in [3.63, 3.8) is 0 Å². The summed E-state index contributed by atoms with van der Waals surface area (Å²) in [7, 11) is 0. The molecule has 0 bridgehead atoms. The van der Waals surface area contributed by atoms with Gasteiger partial charge in [-0.25, -0.2) is 8.78 Å². The molecule has 1 amide bonds. The number of rotatable bonds is 2. The van der Waals surface area contributed by atoms with E-state index in [9.17, 15) is 18.4 Å². The first-order valence-electron chi connectivity index (χ1n) is 10.2. The molecular weight excluding hydrogens is 384 g/mol. The molecule has 156 valence electrons. The molecule has 2 atom stereocenters. The lowest BCUT2D eigenvalue weighted by Crippen LogP contribution is -2.38. The molecule has 1 N–H and O–H groups in total. The monoisotopic (exact) mass is 409 g/mol. The molecule has 3 nitrogen and oxygen atoms in total. The van der Waals surface area contributed by atoms with Gasteiger partial charge < -0.3 is 5.32 Å². The lowest BCUT2D eigenvalue weighted by Gasteiger charge is -2.34. The van der Waals surface area contributed by atoms with Crippen LogP contribution in [0.25, 0.3) is 0 Å². The highest BCUT2D eigenvalue weighted by Crippen LogP contribution is 2.43. The van der Waals surface area contributed by atoms with E-state index in [-0.39, 0.29) is 41.4 Å². The second-order valence-corrected chi connectivity index (χ2v) is 9.26. The van der Waals surface area contributed by atoms with E-state index in [1.54, 1.807) is 0 Å². The molecule has 0 aromatic heterocycles. The first-order chi connectivity index (χ1) is 14.1. The number of nitrogens with one attached hydrogen (secondary N) is 1. The standard InChI is InChI=1S/C25H25F2NO2/c1-25(2,3)16-6-4-14(5-7-16)15-10-21-24(22(29)11-15)19(13-23(30)28-21)18-12-17(26)8-9-20(18)27/h4-9,12,15,19H,10-11,13H2,1-3H3,(H,28,30). The zero-order chi connectivity index (χ0) is 21.6. The van der Waals surface area contributed by atoms with Gasteiger partial charge in [0.05, 0.1) is 0 Å². The summed E-state index contributed by atoms with van der Waals surface area (Å²) in [6.45, 7) is 6.44. The van der Waals surface area contributed by atoms with Crippen molar-refractivity contribution in [2.45, 2.75) is 57.3 Å². The number of carbonyl (C=O) groups excluding carboxylic acids is 2. The molecule has 2 aromatic carbocycles. The fourth-order valence-corrected chi connectivity index (χ4v) is 4.50. The Bertz CT molecular complexity index is 1050. The summed E-state index contributed by atoms with van der Waals surface area (Å²) in [5.41, 5.74) is 3.31. The van der Waals surface area contributed by atoms with E-state index in [1.165, 1.54) is 5.56 Å². The van der Waals surface area contributed by atoms with Crippen molar-refractivity contribution >= 4 is 11.7 Å². The van der Waals surface area contributed by atoms with Gasteiger partial charge in [-0.2, -0.15) is 0 Å². The maximum Gasteiger partial charge on any atom is 0.225 e. The summed E-state index contributed by atoms with van der Waals surface area (Å²) >= 11 is 0. The maximum atomic E-state index is 14.4. The molecule has 2 aliphatic rings. The highest BCUT2D eigenvalue weighted by atomic mass is 19.1.